The van der Waals surface area contributed by atoms with Gasteiger partial charge in [-0.2, -0.15) is 0 Å². The number of rotatable bonds is 6. The zero-order chi connectivity index (χ0) is 17.6. The van der Waals surface area contributed by atoms with Crippen LogP contribution in [0.1, 0.15) is 23.1 Å². The van der Waals surface area contributed by atoms with E-state index in [0.717, 1.165) is 12.8 Å². The first-order valence-electron chi connectivity index (χ1n) is 8.80. The number of nitrogens with zero attached hydrogens (tertiary/aromatic N) is 1. The summed E-state index contributed by atoms with van der Waals surface area (Å²) >= 11 is 0. The van der Waals surface area contributed by atoms with Crippen molar-refractivity contribution < 1.29 is 0 Å². The lowest BCUT2D eigenvalue weighted by Gasteiger charge is -2.26. The molecule has 0 fully saturated rings. The third-order valence-corrected chi connectivity index (χ3v) is 4.42. The first-order valence-corrected chi connectivity index (χ1v) is 8.80. The predicted octanol–water partition coefficient (Wildman–Crippen LogP) is 6.89. The zero-order valence-corrected chi connectivity index (χ0v) is 15.1. The van der Waals surface area contributed by atoms with E-state index in [4.69, 9.17) is 0 Å². The first kappa shape index (κ1) is 17.0. The topological polar surface area (TPSA) is 3.24 Å². The third-order valence-electron chi connectivity index (χ3n) is 4.42. The number of hydrogen-bond acceptors (Lipinski definition) is 1. The summed E-state index contributed by atoms with van der Waals surface area (Å²) in [6.45, 7) is 8.05. The van der Waals surface area contributed by atoms with Gasteiger partial charge in [0.1, 0.15) is 0 Å². The highest BCUT2D eigenvalue weighted by Gasteiger charge is 2.12. The molecule has 0 saturated heterocycles. The SMILES string of the molecule is C=CCCc1ccc(N(c2ccc(C)cc2)c2ccc(C)cc2)cc1. The maximum Gasteiger partial charge on any atom is 0.0461 e. The third kappa shape index (κ3) is 4.19. The number of benzene rings is 3. The van der Waals surface area contributed by atoms with Crippen molar-refractivity contribution in [1.29, 1.82) is 0 Å². The molecule has 3 rings (SSSR count). The summed E-state index contributed by atoms with van der Waals surface area (Å²) in [5, 5.41) is 0. The Hall–Kier alpha value is -2.80. The van der Waals surface area contributed by atoms with E-state index in [9.17, 15) is 0 Å². The van der Waals surface area contributed by atoms with E-state index in [1.54, 1.807) is 0 Å². The molecule has 0 N–H and O–H groups in total. The molecule has 0 radical (unpaired) electrons. The highest BCUT2D eigenvalue weighted by atomic mass is 15.1. The van der Waals surface area contributed by atoms with Gasteiger partial charge in [-0.3, -0.25) is 0 Å². The van der Waals surface area contributed by atoms with Gasteiger partial charge in [-0.15, -0.1) is 6.58 Å². The lowest BCUT2D eigenvalue weighted by molar-refractivity contribution is 1.00. The van der Waals surface area contributed by atoms with Gasteiger partial charge < -0.3 is 4.90 Å². The van der Waals surface area contributed by atoms with E-state index in [1.165, 1.54) is 33.8 Å². The summed E-state index contributed by atoms with van der Waals surface area (Å²) in [5.41, 5.74) is 7.41. The van der Waals surface area contributed by atoms with Gasteiger partial charge in [-0.05, 0) is 68.7 Å². The fourth-order valence-electron chi connectivity index (χ4n) is 2.92. The predicted molar refractivity (Wildman–Crippen MR) is 109 cm³/mol. The molecule has 0 heterocycles. The van der Waals surface area contributed by atoms with Crippen molar-refractivity contribution in [3.63, 3.8) is 0 Å². The standard InChI is InChI=1S/C24H25N/c1-4-5-6-21-11-17-24(18-12-21)25(22-13-7-19(2)8-14-22)23-15-9-20(3)10-16-23/h4,7-18H,1,5-6H2,2-3H3. The van der Waals surface area contributed by atoms with Crippen LogP contribution in [0, 0.1) is 13.8 Å². The summed E-state index contributed by atoms with van der Waals surface area (Å²) in [6.07, 6.45) is 4.02. The average molecular weight is 327 g/mol. The van der Waals surface area contributed by atoms with Gasteiger partial charge in [-0.25, -0.2) is 0 Å². The van der Waals surface area contributed by atoms with Crippen LogP contribution >= 0.6 is 0 Å². The van der Waals surface area contributed by atoms with E-state index in [2.05, 4.69) is 98.1 Å². The van der Waals surface area contributed by atoms with Crippen LogP contribution in [0.5, 0.6) is 0 Å². The minimum Gasteiger partial charge on any atom is -0.311 e. The largest absolute Gasteiger partial charge is 0.311 e. The fraction of sp³-hybridized carbons (Fsp3) is 0.167. The molecule has 0 spiro atoms. The lowest BCUT2D eigenvalue weighted by atomic mass is 10.1. The number of allylic oxidation sites excluding steroid dienone is 1. The highest BCUT2D eigenvalue weighted by molar-refractivity contribution is 5.76. The van der Waals surface area contributed by atoms with Gasteiger partial charge in [0.25, 0.3) is 0 Å². The number of hydrogen-bond donors (Lipinski definition) is 0. The van der Waals surface area contributed by atoms with Crippen LogP contribution in [0.25, 0.3) is 0 Å². The van der Waals surface area contributed by atoms with E-state index < -0.39 is 0 Å². The molecule has 0 amide bonds. The summed E-state index contributed by atoms with van der Waals surface area (Å²) < 4.78 is 0. The Morgan fingerprint density at radius 3 is 1.48 bits per heavy atom. The van der Waals surface area contributed by atoms with Crippen LogP contribution in [0.15, 0.2) is 85.5 Å². The summed E-state index contributed by atoms with van der Waals surface area (Å²) in [7, 11) is 0. The fourth-order valence-corrected chi connectivity index (χ4v) is 2.92. The Labute approximate surface area is 151 Å². The summed E-state index contributed by atoms with van der Waals surface area (Å²) in [4.78, 5) is 2.30. The van der Waals surface area contributed by atoms with Gasteiger partial charge in [0.15, 0.2) is 0 Å². The quantitative estimate of drug-likeness (QED) is 0.445. The molecule has 126 valence electrons. The second-order valence-electron chi connectivity index (χ2n) is 6.50. The molecule has 0 atom stereocenters. The molecular formula is C24H25N. The molecule has 1 heteroatoms. The van der Waals surface area contributed by atoms with Gasteiger partial charge in [0.2, 0.25) is 0 Å². The van der Waals surface area contributed by atoms with Crippen LogP contribution < -0.4 is 4.90 Å². The van der Waals surface area contributed by atoms with Gasteiger partial charge >= 0.3 is 0 Å². The number of aryl methyl sites for hydroxylation is 3. The molecular weight excluding hydrogens is 302 g/mol. The van der Waals surface area contributed by atoms with Crippen molar-refractivity contribution in [1.82, 2.24) is 0 Å². The van der Waals surface area contributed by atoms with Crippen molar-refractivity contribution in [2.24, 2.45) is 0 Å². The maximum absolute atomic E-state index is 3.81. The molecule has 25 heavy (non-hydrogen) atoms. The maximum atomic E-state index is 3.81. The molecule has 0 unspecified atom stereocenters. The molecule has 3 aromatic rings. The van der Waals surface area contributed by atoms with E-state index in [0.29, 0.717) is 0 Å². The minimum absolute atomic E-state index is 1.01. The van der Waals surface area contributed by atoms with Crippen molar-refractivity contribution in [3.05, 3.63) is 102 Å². The Kier molecular flexibility index (Phi) is 5.35. The monoisotopic (exact) mass is 327 g/mol. The molecule has 0 aromatic heterocycles. The van der Waals surface area contributed by atoms with Crippen molar-refractivity contribution in [2.45, 2.75) is 26.7 Å². The van der Waals surface area contributed by atoms with Crippen LogP contribution in [-0.4, -0.2) is 0 Å². The Morgan fingerprint density at radius 1 is 0.680 bits per heavy atom. The van der Waals surface area contributed by atoms with E-state index >= 15 is 0 Å². The Morgan fingerprint density at radius 2 is 1.08 bits per heavy atom. The van der Waals surface area contributed by atoms with Crippen LogP contribution in [0.4, 0.5) is 17.1 Å². The van der Waals surface area contributed by atoms with Crippen molar-refractivity contribution >= 4 is 17.1 Å². The summed E-state index contributed by atoms with van der Waals surface area (Å²) in [6, 6.07) is 26.2. The van der Waals surface area contributed by atoms with Gasteiger partial charge in [0.05, 0.1) is 0 Å². The first-order chi connectivity index (χ1) is 12.2. The van der Waals surface area contributed by atoms with Crippen molar-refractivity contribution in [3.8, 4) is 0 Å². The van der Waals surface area contributed by atoms with Crippen LogP contribution in [0.3, 0.4) is 0 Å². The smallest absolute Gasteiger partial charge is 0.0461 e. The number of anilines is 3. The molecule has 0 aliphatic rings. The lowest BCUT2D eigenvalue weighted by Crippen LogP contribution is -2.10. The normalized spacial score (nSPS) is 10.5. The van der Waals surface area contributed by atoms with Gasteiger partial charge in [0, 0.05) is 17.1 Å². The minimum atomic E-state index is 1.01. The van der Waals surface area contributed by atoms with Gasteiger partial charge in [-0.1, -0.05) is 53.6 Å². The Balaban J connectivity index is 1.99. The second-order valence-corrected chi connectivity index (χ2v) is 6.50. The van der Waals surface area contributed by atoms with Crippen LogP contribution in [-0.2, 0) is 6.42 Å². The van der Waals surface area contributed by atoms with E-state index in [-0.39, 0.29) is 0 Å². The highest BCUT2D eigenvalue weighted by Crippen LogP contribution is 2.34. The second kappa shape index (κ2) is 7.85. The zero-order valence-electron chi connectivity index (χ0n) is 15.1. The molecule has 0 aliphatic carbocycles. The molecule has 0 bridgehead atoms. The molecule has 0 aliphatic heterocycles. The Bertz CT molecular complexity index is 766. The molecule has 0 saturated carbocycles. The molecule has 1 nitrogen and oxygen atoms in total. The average Bonchev–Trinajstić information content (AvgIpc) is 2.64. The van der Waals surface area contributed by atoms with Crippen LogP contribution in [0.2, 0.25) is 0 Å². The molecule has 3 aromatic carbocycles. The van der Waals surface area contributed by atoms with Crippen molar-refractivity contribution in [2.75, 3.05) is 4.90 Å². The summed E-state index contributed by atoms with van der Waals surface area (Å²) in [5.74, 6) is 0. The van der Waals surface area contributed by atoms with E-state index in [1.807, 2.05) is 6.08 Å².